The van der Waals surface area contributed by atoms with Gasteiger partial charge in [0.1, 0.15) is 0 Å². The summed E-state index contributed by atoms with van der Waals surface area (Å²) in [6, 6.07) is 8.33. The van der Waals surface area contributed by atoms with Gasteiger partial charge in [0.15, 0.2) is 0 Å². The minimum atomic E-state index is -0.307. The molecule has 0 bridgehead atoms. The van der Waals surface area contributed by atoms with Crippen LogP contribution >= 0.6 is 0 Å². The molecule has 1 nitrogen and oxygen atoms in total. The molecule has 0 saturated heterocycles. The number of benzene rings is 1. The zero-order valence-corrected chi connectivity index (χ0v) is 11.2. The van der Waals surface area contributed by atoms with E-state index in [0.29, 0.717) is 0 Å². The first kappa shape index (κ1) is 12.0. The number of aliphatic hydroxyl groups excluding tert-OH is 1. The maximum absolute atomic E-state index is 9.58. The topological polar surface area (TPSA) is 20.2 Å². The van der Waals surface area contributed by atoms with Crippen LogP contribution in [0, 0.1) is 0 Å². The van der Waals surface area contributed by atoms with E-state index < -0.39 is 0 Å². The summed E-state index contributed by atoms with van der Waals surface area (Å²) in [5, 5.41) is 9.58. The molecule has 0 radical (unpaired) electrons. The van der Waals surface area contributed by atoms with Crippen molar-refractivity contribution in [2.45, 2.75) is 37.3 Å². The second kappa shape index (κ2) is 6.45. The summed E-state index contributed by atoms with van der Waals surface area (Å²) in [7, 11) is 0. The molecule has 2 heteroatoms. The van der Waals surface area contributed by atoms with Gasteiger partial charge in [-0.25, -0.2) is 0 Å². The van der Waals surface area contributed by atoms with Crippen LogP contribution in [-0.4, -0.2) is 26.0 Å². The number of hydrogen-bond donors (Lipinski definition) is 1. The zero-order valence-electron chi connectivity index (χ0n) is 8.86. The van der Waals surface area contributed by atoms with E-state index in [2.05, 4.69) is 25.1 Å². The van der Waals surface area contributed by atoms with E-state index in [1.807, 2.05) is 13.0 Å². The first-order valence-electron chi connectivity index (χ1n) is 5.15. The van der Waals surface area contributed by atoms with Crippen molar-refractivity contribution in [3.8, 4) is 0 Å². The van der Waals surface area contributed by atoms with E-state index >= 15 is 0 Å². The number of hydrogen-bond acceptors (Lipinski definition) is 1. The molecule has 0 fully saturated rings. The molecule has 78 valence electrons. The zero-order chi connectivity index (χ0) is 10.4. The molecule has 1 aromatic rings. The first-order chi connectivity index (χ1) is 6.75. The molecule has 0 amide bonds. The van der Waals surface area contributed by atoms with Gasteiger partial charge in [-0.3, -0.25) is 0 Å². The van der Waals surface area contributed by atoms with Gasteiger partial charge in [-0.2, -0.15) is 0 Å². The summed E-state index contributed by atoms with van der Waals surface area (Å²) in [4.78, 5) is 0. The van der Waals surface area contributed by atoms with E-state index in [0.717, 1.165) is 5.56 Å². The van der Waals surface area contributed by atoms with E-state index in [4.69, 9.17) is 0 Å². The van der Waals surface area contributed by atoms with Crippen LogP contribution in [0.5, 0.6) is 0 Å². The number of aliphatic hydroxyl groups is 1. The molecule has 14 heavy (non-hydrogen) atoms. The Bertz CT molecular complexity index is 271. The Balaban J connectivity index is 2.64. The minimum absolute atomic E-state index is 0.0744. The summed E-state index contributed by atoms with van der Waals surface area (Å²) >= 11 is -0.0744. The molecule has 0 spiro atoms. The monoisotopic (exact) mass is 308 g/mol. The maximum atomic E-state index is 9.58. The van der Waals surface area contributed by atoms with E-state index in [1.165, 1.54) is 20.9 Å². The van der Waals surface area contributed by atoms with Crippen LogP contribution < -0.4 is 3.61 Å². The van der Waals surface area contributed by atoms with Crippen molar-refractivity contribution >= 4 is 24.5 Å². The van der Waals surface area contributed by atoms with Crippen LogP contribution in [0.4, 0.5) is 0 Å². The van der Waals surface area contributed by atoms with Crippen LogP contribution in [0.3, 0.4) is 0 Å². The Kier molecular flexibility index (Phi) is 5.55. The third-order valence-electron chi connectivity index (χ3n) is 2.12. The molecule has 1 atom stereocenters. The molecular formula is C12H18OTe. The normalized spacial score (nSPS) is 12.8. The molecule has 0 aliphatic rings. The molecule has 0 heterocycles. The predicted octanol–water partition coefficient (Wildman–Crippen LogP) is 2.29. The summed E-state index contributed by atoms with van der Waals surface area (Å²) < 4.78 is 2.78. The van der Waals surface area contributed by atoms with Crippen molar-refractivity contribution in [2.75, 3.05) is 0 Å². The first-order valence-corrected chi connectivity index (χ1v) is 7.96. The van der Waals surface area contributed by atoms with Crippen molar-refractivity contribution in [1.29, 1.82) is 0 Å². The molecule has 1 N–H and O–H groups in total. The van der Waals surface area contributed by atoms with Crippen molar-refractivity contribution in [3.05, 3.63) is 29.8 Å². The van der Waals surface area contributed by atoms with Crippen molar-refractivity contribution in [3.63, 3.8) is 0 Å². The predicted molar refractivity (Wildman–Crippen MR) is 62.2 cm³/mol. The Morgan fingerprint density at radius 3 is 2.71 bits per heavy atom. The van der Waals surface area contributed by atoms with Crippen LogP contribution in [-0.2, 0) is 0 Å². The average Bonchev–Trinajstić information content (AvgIpc) is 2.19. The van der Waals surface area contributed by atoms with Gasteiger partial charge < -0.3 is 0 Å². The van der Waals surface area contributed by atoms with Crippen LogP contribution in [0.15, 0.2) is 24.3 Å². The fourth-order valence-electron chi connectivity index (χ4n) is 1.28. The van der Waals surface area contributed by atoms with Gasteiger partial charge in [-0.05, 0) is 0 Å². The average molecular weight is 306 g/mol. The van der Waals surface area contributed by atoms with Gasteiger partial charge in [0, 0.05) is 0 Å². The number of rotatable bonds is 5. The van der Waals surface area contributed by atoms with Crippen molar-refractivity contribution in [2.24, 2.45) is 0 Å². The molecule has 1 rings (SSSR count). The molecular weight excluding hydrogens is 288 g/mol. The van der Waals surface area contributed by atoms with Crippen LogP contribution in [0.2, 0.25) is 4.47 Å². The van der Waals surface area contributed by atoms with E-state index in [9.17, 15) is 5.11 Å². The van der Waals surface area contributed by atoms with Gasteiger partial charge in [0.2, 0.25) is 0 Å². The Morgan fingerprint density at radius 2 is 2.07 bits per heavy atom. The molecule has 0 unspecified atom stereocenters. The van der Waals surface area contributed by atoms with Gasteiger partial charge >= 0.3 is 96.7 Å². The Hall–Kier alpha value is -0.0304. The molecule has 0 aliphatic heterocycles. The van der Waals surface area contributed by atoms with Crippen molar-refractivity contribution in [1.82, 2.24) is 0 Å². The summed E-state index contributed by atoms with van der Waals surface area (Å²) in [6.45, 7) is 4.08. The third kappa shape index (κ3) is 3.61. The standard InChI is InChI=1S/C12H18OTe/c1-3-4-9-14-12-8-6-5-7-11(12)10(2)13/h5-8,10,13H,3-4,9H2,1-2H3/t10-/m1/s1. The summed E-state index contributed by atoms with van der Waals surface area (Å²) in [6.07, 6.45) is 2.30. The molecule has 0 aromatic heterocycles. The van der Waals surface area contributed by atoms with E-state index in [-0.39, 0.29) is 27.0 Å². The molecule has 0 saturated carbocycles. The fourth-order valence-corrected chi connectivity index (χ4v) is 4.80. The van der Waals surface area contributed by atoms with Gasteiger partial charge in [0.25, 0.3) is 0 Å². The Morgan fingerprint density at radius 1 is 1.36 bits per heavy atom. The van der Waals surface area contributed by atoms with Crippen LogP contribution in [0.1, 0.15) is 38.4 Å². The quantitative estimate of drug-likeness (QED) is 0.654. The van der Waals surface area contributed by atoms with Gasteiger partial charge in [-0.1, -0.05) is 0 Å². The van der Waals surface area contributed by atoms with Gasteiger partial charge in [-0.15, -0.1) is 0 Å². The van der Waals surface area contributed by atoms with Gasteiger partial charge in [0.05, 0.1) is 0 Å². The number of unbranched alkanes of at least 4 members (excludes halogenated alkanes) is 1. The van der Waals surface area contributed by atoms with E-state index in [1.54, 1.807) is 0 Å². The SMILES string of the molecule is CCCC[Te]c1ccccc1[C@@H](C)O. The second-order valence-corrected chi connectivity index (χ2v) is 6.66. The van der Waals surface area contributed by atoms with Crippen molar-refractivity contribution < 1.29 is 5.11 Å². The third-order valence-corrected chi connectivity index (χ3v) is 5.48. The Labute approximate surface area is 96.6 Å². The molecule has 0 aliphatic carbocycles. The second-order valence-electron chi connectivity index (χ2n) is 3.42. The summed E-state index contributed by atoms with van der Waals surface area (Å²) in [5.41, 5.74) is 1.14. The summed E-state index contributed by atoms with van der Waals surface area (Å²) in [5.74, 6) is 0. The molecule has 1 aromatic carbocycles. The van der Waals surface area contributed by atoms with Crippen LogP contribution in [0.25, 0.3) is 0 Å². The fraction of sp³-hybridized carbons (Fsp3) is 0.500.